The number of rotatable bonds is 7. The standard InChI is InChI=1S/C19H25N3O8/c1-29-18(27)21-14-6-4-10(16(23)24)7-13(14)11-3-5-12(20-9-11)8-15(17(25)26)22-19(28)30-2/h3,5,9-10,13-15H,4,6-8H2,1-2H3,(H,21,27)(H,22,28)(H,23,24)(H,25,26). The summed E-state index contributed by atoms with van der Waals surface area (Å²) >= 11 is 0. The van der Waals surface area contributed by atoms with Crippen LogP contribution in [-0.4, -0.2) is 65.6 Å². The van der Waals surface area contributed by atoms with E-state index in [4.69, 9.17) is 0 Å². The molecular formula is C19H25N3O8. The molecule has 2 rings (SSSR count). The molecule has 1 heterocycles. The summed E-state index contributed by atoms with van der Waals surface area (Å²) in [6, 6.07) is 1.81. The third kappa shape index (κ3) is 6.06. The van der Waals surface area contributed by atoms with Gasteiger partial charge in [0.05, 0.1) is 20.1 Å². The molecule has 0 aromatic carbocycles. The number of carboxylic acids is 2. The Morgan fingerprint density at radius 3 is 2.37 bits per heavy atom. The molecule has 1 aromatic rings. The number of carboxylic acid groups (broad SMARTS) is 2. The first kappa shape index (κ1) is 22.9. The van der Waals surface area contributed by atoms with Gasteiger partial charge in [-0.05, 0) is 30.9 Å². The summed E-state index contributed by atoms with van der Waals surface area (Å²) in [5.41, 5.74) is 1.14. The molecule has 1 aliphatic carbocycles. The fourth-order valence-electron chi connectivity index (χ4n) is 3.53. The third-order valence-corrected chi connectivity index (χ3v) is 5.15. The Morgan fingerprint density at radius 2 is 1.83 bits per heavy atom. The van der Waals surface area contributed by atoms with Gasteiger partial charge in [0.1, 0.15) is 6.04 Å². The molecule has 11 heteroatoms. The minimum absolute atomic E-state index is 0.0586. The van der Waals surface area contributed by atoms with E-state index in [2.05, 4.69) is 25.1 Å². The Morgan fingerprint density at radius 1 is 1.13 bits per heavy atom. The minimum atomic E-state index is -1.23. The Labute approximate surface area is 172 Å². The van der Waals surface area contributed by atoms with Crippen LogP contribution in [-0.2, 0) is 25.5 Å². The Hall–Kier alpha value is -3.37. The van der Waals surface area contributed by atoms with Gasteiger partial charge in [-0.15, -0.1) is 0 Å². The number of nitrogens with one attached hydrogen (secondary N) is 2. The first-order valence-electron chi connectivity index (χ1n) is 9.34. The summed E-state index contributed by atoms with van der Waals surface area (Å²) in [7, 11) is 2.39. The van der Waals surface area contributed by atoms with Crippen LogP contribution in [0.2, 0.25) is 0 Å². The number of methoxy groups -OCH3 is 2. The van der Waals surface area contributed by atoms with Crippen LogP contribution in [0.25, 0.3) is 0 Å². The van der Waals surface area contributed by atoms with Gasteiger partial charge in [-0.3, -0.25) is 9.78 Å². The van der Waals surface area contributed by atoms with Gasteiger partial charge in [-0.25, -0.2) is 14.4 Å². The fourth-order valence-corrected chi connectivity index (χ4v) is 3.53. The van der Waals surface area contributed by atoms with Gasteiger partial charge in [-0.2, -0.15) is 0 Å². The van der Waals surface area contributed by atoms with Crippen molar-refractivity contribution in [3.63, 3.8) is 0 Å². The van der Waals surface area contributed by atoms with Crippen LogP contribution in [0, 0.1) is 5.92 Å². The lowest BCUT2D eigenvalue weighted by molar-refractivity contribution is -0.143. The maximum atomic E-state index is 11.7. The fraction of sp³-hybridized carbons (Fsp3) is 0.526. The first-order chi connectivity index (χ1) is 14.2. The zero-order valence-corrected chi connectivity index (χ0v) is 16.7. The number of ether oxygens (including phenoxy) is 2. The number of pyridine rings is 1. The molecule has 0 saturated heterocycles. The first-order valence-corrected chi connectivity index (χ1v) is 9.34. The predicted molar refractivity (Wildman–Crippen MR) is 102 cm³/mol. The normalized spacial score (nSPS) is 21.7. The van der Waals surface area contributed by atoms with E-state index in [9.17, 15) is 29.4 Å². The molecule has 1 aliphatic rings. The largest absolute Gasteiger partial charge is 0.481 e. The van der Waals surface area contributed by atoms with Crippen LogP contribution in [0.5, 0.6) is 0 Å². The average Bonchev–Trinajstić information content (AvgIpc) is 2.73. The van der Waals surface area contributed by atoms with Gasteiger partial charge in [0.15, 0.2) is 0 Å². The second-order valence-corrected chi connectivity index (χ2v) is 7.01. The number of nitrogens with zero attached hydrogens (tertiary/aromatic N) is 1. The van der Waals surface area contributed by atoms with Crippen LogP contribution in [0.1, 0.15) is 36.4 Å². The summed E-state index contributed by atoms with van der Waals surface area (Å²) in [5, 5.41) is 23.6. The van der Waals surface area contributed by atoms with Gasteiger partial charge < -0.3 is 30.3 Å². The van der Waals surface area contributed by atoms with Crippen molar-refractivity contribution in [2.75, 3.05) is 14.2 Å². The highest BCUT2D eigenvalue weighted by molar-refractivity contribution is 5.80. The highest BCUT2D eigenvalue weighted by Gasteiger charge is 2.36. The lowest BCUT2D eigenvalue weighted by atomic mass is 9.75. The number of carbonyl (C=O) groups excluding carboxylic acids is 2. The molecule has 1 aromatic heterocycles. The molecule has 164 valence electrons. The molecule has 0 radical (unpaired) electrons. The van der Waals surface area contributed by atoms with Crippen molar-refractivity contribution in [2.24, 2.45) is 5.92 Å². The molecular weight excluding hydrogens is 398 g/mol. The SMILES string of the molecule is COC(=O)NC(Cc1ccc(C2CC(C(=O)O)CCC2NC(=O)OC)cn1)C(=O)O. The van der Waals surface area contributed by atoms with Crippen molar-refractivity contribution in [3.8, 4) is 0 Å². The second-order valence-electron chi connectivity index (χ2n) is 7.01. The molecule has 30 heavy (non-hydrogen) atoms. The van der Waals surface area contributed by atoms with E-state index in [1.54, 1.807) is 12.1 Å². The van der Waals surface area contributed by atoms with E-state index in [1.807, 2.05) is 0 Å². The van der Waals surface area contributed by atoms with Crippen molar-refractivity contribution in [1.82, 2.24) is 15.6 Å². The topological polar surface area (TPSA) is 164 Å². The van der Waals surface area contributed by atoms with Gasteiger partial charge in [0.25, 0.3) is 0 Å². The molecule has 4 N–H and O–H groups in total. The van der Waals surface area contributed by atoms with Crippen molar-refractivity contribution >= 4 is 24.1 Å². The van der Waals surface area contributed by atoms with E-state index in [-0.39, 0.29) is 18.4 Å². The molecule has 1 fully saturated rings. The van der Waals surface area contributed by atoms with E-state index in [0.29, 0.717) is 25.0 Å². The zero-order chi connectivity index (χ0) is 22.3. The van der Waals surface area contributed by atoms with Crippen LogP contribution >= 0.6 is 0 Å². The molecule has 0 bridgehead atoms. The average molecular weight is 423 g/mol. The molecule has 11 nitrogen and oxygen atoms in total. The lowest BCUT2D eigenvalue weighted by Gasteiger charge is -2.35. The molecule has 2 amide bonds. The monoisotopic (exact) mass is 423 g/mol. The van der Waals surface area contributed by atoms with E-state index in [1.165, 1.54) is 13.3 Å². The van der Waals surface area contributed by atoms with Crippen molar-refractivity contribution < 1.29 is 38.9 Å². The van der Waals surface area contributed by atoms with E-state index >= 15 is 0 Å². The molecule has 4 unspecified atom stereocenters. The summed E-state index contributed by atoms with van der Waals surface area (Å²) in [6.07, 6.45) is 1.25. The molecule has 4 atom stereocenters. The number of hydrogen-bond donors (Lipinski definition) is 4. The van der Waals surface area contributed by atoms with Crippen LogP contribution < -0.4 is 10.6 Å². The van der Waals surface area contributed by atoms with E-state index in [0.717, 1.165) is 12.7 Å². The summed E-state index contributed by atoms with van der Waals surface area (Å²) in [5.74, 6) is -2.94. The Kier molecular flexibility index (Phi) is 7.96. The Balaban J connectivity index is 2.17. The minimum Gasteiger partial charge on any atom is -0.481 e. The molecule has 0 spiro atoms. The number of amides is 2. The second kappa shape index (κ2) is 10.4. The number of aliphatic carboxylic acids is 2. The quantitative estimate of drug-likeness (QED) is 0.503. The molecule has 0 aliphatic heterocycles. The van der Waals surface area contributed by atoms with Gasteiger partial charge in [0.2, 0.25) is 0 Å². The zero-order valence-electron chi connectivity index (χ0n) is 16.7. The third-order valence-electron chi connectivity index (χ3n) is 5.15. The number of alkyl carbamates (subject to hydrolysis) is 2. The summed E-state index contributed by atoms with van der Waals surface area (Å²) in [6.45, 7) is 0. The lowest BCUT2D eigenvalue weighted by Crippen LogP contribution is -2.43. The van der Waals surface area contributed by atoms with Crippen LogP contribution in [0.3, 0.4) is 0 Å². The van der Waals surface area contributed by atoms with Gasteiger partial charge in [-0.1, -0.05) is 6.07 Å². The molecule has 1 saturated carbocycles. The summed E-state index contributed by atoms with van der Waals surface area (Å²) in [4.78, 5) is 50.0. The maximum absolute atomic E-state index is 11.7. The maximum Gasteiger partial charge on any atom is 0.407 e. The number of carbonyl (C=O) groups is 4. The predicted octanol–water partition coefficient (Wildman–Crippen LogP) is 1.13. The van der Waals surface area contributed by atoms with Gasteiger partial charge >= 0.3 is 24.1 Å². The van der Waals surface area contributed by atoms with Crippen LogP contribution in [0.4, 0.5) is 9.59 Å². The van der Waals surface area contributed by atoms with Crippen LogP contribution in [0.15, 0.2) is 18.3 Å². The van der Waals surface area contributed by atoms with Crippen molar-refractivity contribution in [2.45, 2.75) is 43.7 Å². The Bertz CT molecular complexity index is 782. The summed E-state index contributed by atoms with van der Waals surface area (Å²) < 4.78 is 9.08. The van der Waals surface area contributed by atoms with E-state index < -0.39 is 36.1 Å². The number of aromatic nitrogens is 1. The van der Waals surface area contributed by atoms with Crippen molar-refractivity contribution in [1.29, 1.82) is 0 Å². The highest BCUT2D eigenvalue weighted by Crippen LogP contribution is 2.36. The smallest absolute Gasteiger partial charge is 0.407 e. The van der Waals surface area contributed by atoms with Crippen molar-refractivity contribution in [3.05, 3.63) is 29.6 Å². The van der Waals surface area contributed by atoms with Gasteiger partial charge in [0, 0.05) is 30.3 Å². The number of hydrogen-bond acceptors (Lipinski definition) is 7. The highest BCUT2D eigenvalue weighted by atomic mass is 16.5.